The highest BCUT2D eigenvalue weighted by Gasteiger charge is 2.27. The zero-order valence-corrected chi connectivity index (χ0v) is 17.2. The molecule has 152 valence electrons. The van der Waals surface area contributed by atoms with Crippen LogP contribution in [0.5, 0.6) is 5.75 Å². The van der Waals surface area contributed by atoms with Crippen molar-refractivity contribution in [1.82, 2.24) is 14.3 Å². The molecule has 1 N–H and O–H groups in total. The number of aromatic nitrogens is 2. The Kier molecular flexibility index (Phi) is 6.69. The predicted octanol–water partition coefficient (Wildman–Crippen LogP) is 1.75. The number of piperazine rings is 1. The number of sulfonamides is 1. The summed E-state index contributed by atoms with van der Waals surface area (Å²) in [5.41, 5.74) is 0.883. The van der Waals surface area contributed by atoms with Crippen LogP contribution in [0.2, 0.25) is 0 Å². The topological polar surface area (TPSA) is 87.7 Å². The van der Waals surface area contributed by atoms with E-state index in [1.807, 2.05) is 50.2 Å². The molecule has 1 saturated heterocycles. The molecule has 0 aliphatic carbocycles. The van der Waals surface area contributed by atoms with Gasteiger partial charge in [-0.3, -0.25) is 0 Å². The Morgan fingerprint density at radius 2 is 1.82 bits per heavy atom. The highest BCUT2D eigenvalue weighted by molar-refractivity contribution is 7.89. The molecule has 0 bridgehead atoms. The number of nitrogens with zero attached hydrogens (tertiary/aromatic N) is 4. The smallest absolute Gasteiger partial charge is 0.224 e. The van der Waals surface area contributed by atoms with Crippen LogP contribution >= 0.6 is 0 Å². The quantitative estimate of drug-likeness (QED) is 0.716. The van der Waals surface area contributed by atoms with Crippen LogP contribution in [-0.4, -0.2) is 67.8 Å². The number of ether oxygens (including phenoxy) is 1. The first-order chi connectivity index (χ1) is 13.5. The molecule has 0 unspecified atom stereocenters. The molecule has 3 rings (SSSR count). The van der Waals surface area contributed by atoms with E-state index in [9.17, 15) is 8.42 Å². The number of benzene rings is 1. The van der Waals surface area contributed by atoms with E-state index in [4.69, 9.17) is 4.74 Å². The van der Waals surface area contributed by atoms with Crippen molar-refractivity contribution in [2.24, 2.45) is 0 Å². The van der Waals surface area contributed by atoms with Gasteiger partial charge in [-0.1, -0.05) is 18.2 Å². The van der Waals surface area contributed by atoms with E-state index in [2.05, 4.69) is 20.2 Å². The Balaban J connectivity index is 1.54. The lowest BCUT2D eigenvalue weighted by Crippen LogP contribution is -2.50. The van der Waals surface area contributed by atoms with Crippen LogP contribution in [0.4, 0.5) is 11.8 Å². The number of hydrogen-bond donors (Lipinski definition) is 1. The van der Waals surface area contributed by atoms with E-state index in [-0.39, 0.29) is 12.4 Å². The molecule has 1 aliphatic heterocycles. The maximum absolute atomic E-state index is 12.6. The molecule has 2 heterocycles. The summed E-state index contributed by atoms with van der Waals surface area (Å²) >= 11 is 0. The SMILES string of the molecule is CCNc1nc(C)cc(N2CCN(S(=O)(=O)CCOc3ccccc3)CC2)n1. The first-order valence-electron chi connectivity index (χ1n) is 9.48. The first-order valence-corrected chi connectivity index (χ1v) is 11.1. The van der Waals surface area contributed by atoms with Gasteiger partial charge in [-0.2, -0.15) is 9.29 Å². The van der Waals surface area contributed by atoms with E-state index < -0.39 is 10.0 Å². The lowest BCUT2D eigenvalue weighted by Gasteiger charge is -2.34. The van der Waals surface area contributed by atoms with Crippen LogP contribution in [0.15, 0.2) is 36.4 Å². The van der Waals surface area contributed by atoms with Crippen molar-refractivity contribution < 1.29 is 13.2 Å². The summed E-state index contributed by atoms with van der Waals surface area (Å²) in [5, 5.41) is 3.13. The molecule has 0 radical (unpaired) electrons. The lowest BCUT2D eigenvalue weighted by atomic mass is 10.3. The first kappa shape index (κ1) is 20.3. The number of nitrogens with one attached hydrogen (secondary N) is 1. The van der Waals surface area contributed by atoms with Crippen molar-refractivity contribution in [3.63, 3.8) is 0 Å². The molecule has 28 heavy (non-hydrogen) atoms. The average Bonchev–Trinajstić information content (AvgIpc) is 2.69. The molecular weight excluding hydrogens is 378 g/mol. The van der Waals surface area contributed by atoms with Gasteiger partial charge in [0.15, 0.2) is 0 Å². The summed E-state index contributed by atoms with van der Waals surface area (Å²) in [6, 6.07) is 11.2. The zero-order valence-electron chi connectivity index (χ0n) is 16.3. The summed E-state index contributed by atoms with van der Waals surface area (Å²) in [6.07, 6.45) is 0. The third kappa shape index (κ3) is 5.32. The Labute approximate surface area is 166 Å². The molecule has 9 heteroatoms. The van der Waals surface area contributed by atoms with Crippen LogP contribution in [-0.2, 0) is 10.0 Å². The van der Waals surface area contributed by atoms with Crippen molar-refractivity contribution in [1.29, 1.82) is 0 Å². The zero-order chi connectivity index (χ0) is 20.0. The van der Waals surface area contributed by atoms with E-state index >= 15 is 0 Å². The van der Waals surface area contributed by atoms with Gasteiger partial charge in [0.1, 0.15) is 18.2 Å². The molecule has 0 saturated carbocycles. The summed E-state index contributed by atoms with van der Waals surface area (Å²) < 4.78 is 32.3. The minimum atomic E-state index is -3.35. The Morgan fingerprint density at radius 3 is 2.50 bits per heavy atom. The number of para-hydroxylation sites is 1. The minimum absolute atomic E-state index is 0.0287. The Morgan fingerprint density at radius 1 is 1.11 bits per heavy atom. The highest BCUT2D eigenvalue weighted by atomic mass is 32.2. The number of rotatable bonds is 8. The van der Waals surface area contributed by atoms with Crippen LogP contribution in [0, 0.1) is 6.92 Å². The average molecular weight is 406 g/mol. The fourth-order valence-corrected chi connectivity index (χ4v) is 4.33. The number of anilines is 2. The molecule has 0 amide bonds. The van der Waals surface area contributed by atoms with Gasteiger partial charge in [0.25, 0.3) is 0 Å². The van der Waals surface area contributed by atoms with Crippen LogP contribution in [0.1, 0.15) is 12.6 Å². The van der Waals surface area contributed by atoms with Gasteiger partial charge in [-0.05, 0) is 26.0 Å². The van der Waals surface area contributed by atoms with Gasteiger partial charge in [-0.25, -0.2) is 13.4 Å². The van der Waals surface area contributed by atoms with Crippen LogP contribution < -0.4 is 15.0 Å². The van der Waals surface area contributed by atoms with Gasteiger partial charge in [0.05, 0.1) is 5.75 Å². The van der Waals surface area contributed by atoms with E-state index in [1.54, 1.807) is 0 Å². The Hall–Kier alpha value is -2.39. The normalized spacial score (nSPS) is 15.4. The number of aryl methyl sites for hydroxylation is 1. The van der Waals surface area contributed by atoms with Gasteiger partial charge in [-0.15, -0.1) is 0 Å². The predicted molar refractivity (Wildman–Crippen MR) is 110 cm³/mol. The van der Waals surface area contributed by atoms with Gasteiger partial charge in [0, 0.05) is 44.5 Å². The highest BCUT2D eigenvalue weighted by Crippen LogP contribution is 2.18. The minimum Gasteiger partial charge on any atom is -0.492 e. The van der Waals surface area contributed by atoms with Crippen LogP contribution in [0.25, 0.3) is 0 Å². The molecular formula is C19H27N5O3S. The summed E-state index contributed by atoms with van der Waals surface area (Å²) in [7, 11) is -3.35. The van der Waals surface area contributed by atoms with Crippen molar-refractivity contribution in [2.75, 3.05) is 55.3 Å². The fourth-order valence-electron chi connectivity index (χ4n) is 3.06. The third-order valence-electron chi connectivity index (χ3n) is 4.48. The van der Waals surface area contributed by atoms with Gasteiger partial charge in [0.2, 0.25) is 16.0 Å². The lowest BCUT2D eigenvalue weighted by molar-refractivity contribution is 0.331. The molecule has 1 aromatic carbocycles. The van der Waals surface area contributed by atoms with E-state index in [1.165, 1.54) is 4.31 Å². The second-order valence-electron chi connectivity index (χ2n) is 6.59. The largest absolute Gasteiger partial charge is 0.492 e. The molecule has 1 aliphatic rings. The van der Waals surface area contributed by atoms with Crippen molar-refractivity contribution in [3.8, 4) is 5.75 Å². The van der Waals surface area contributed by atoms with Crippen LogP contribution in [0.3, 0.4) is 0 Å². The molecule has 0 atom stereocenters. The monoisotopic (exact) mass is 405 g/mol. The summed E-state index contributed by atoms with van der Waals surface area (Å²) in [5.74, 6) is 2.08. The van der Waals surface area contributed by atoms with Gasteiger partial charge < -0.3 is 15.0 Å². The summed E-state index contributed by atoms with van der Waals surface area (Å²) in [4.78, 5) is 11.0. The third-order valence-corrected chi connectivity index (χ3v) is 6.32. The number of hydrogen-bond acceptors (Lipinski definition) is 7. The van der Waals surface area contributed by atoms with Crippen molar-refractivity contribution in [2.45, 2.75) is 13.8 Å². The molecule has 2 aromatic rings. The maximum Gasteiger partial charge on any atom is 0.224 e. The second-order valence-corrected chi connectivity index (χ2v) is 8.67. The Bertz CT molecular complexity index is 868. The van der Waals surface area contributed by atoms with E-state index in [0.29, 0.717) is 37.9 Å². The van der Waals surface area contributed by atoms with Crippen molar-refractivity contribution >= 4 is 21.8 Å². The van der Waals surface area contributed by atoms with Gasteiger partial charge >= 0.3 is 0 Å². The van der Waals surface area contributed by atoms with E-state index in [0.717, 1.165) is 18.1 Å². The second kappa shape index (κ2) is 9.20. The fraction of sp³-hybridized carbons (Fsp3) is 0.474. The maximum atomic E-state index is 12.6. The summed E-state index contributed by atoms with van der Waals surface area (Å²) in [6.45, 7) is 6.89. The molecule has 1 aromatic heterocycles. The molecule has 8 nitrogen and oxygen atoms in total. The molecule has 1 fully saturated rings. The standard InChI is InChI=1S/C19H27N5O3S/c1-3-20-19-21-16(2)15-18(22-19)23-9-11-24(12-10-23)28(25,26)14-13-27-17-7-5-4-6-8-17/h4-8,15H,3,9-14H2,1-2H3,(H,20,21,22). The molecule has 0 spiro atoms. The van der Waals surface area contributed by atoms with Crippen molar-refractivity contribution in [3.05, 3.63) is 42.1 Å².